The van der Waals surface area contributed by atoms with E-state index in [2.05, 4.69) is 10.2 Å². The third-order valence-electron chi connectivity index (χ3n) is 4.35. The fourth-order valence-corrected chi connectivity index (χ4v) is 3.08. The lowest BCUT2D eigenvalue weighted by atomic mass is 10.1. The molecule has 1 heterocycles. The first-order valence-electron chi connectivity index (χ1n) is 9.06. The predicted molar refractivity (Wildman–Crippen MR) is 89.2 cm³/mol. The molecule has 0 aromatic carbocycles. The highest BCUT2D eigenvalue weighted by Crippen LogP contribution is 2.13. The first-order chi connectivity index (χ1) is 9.93. The molecule has 20 heavy (non-hydrogen) atoms. The average molecular weight is 284 g/mol. The normalized spacial score (nSPS) is 20.9. The van der Waals surface area contributed by atoms with Gasteiger partial charge in [-0.2, -0.15) is 0 Å². The van der Waals surface area contributed by atoms with Crippen molar-refractivity contribution in [1.29, 1.82) is 0 Å². The van der Waals surface area contributed by atoms with Crippen LogP contribution in [0.25, 0.3) is 0 Å². The molecule has 3 nitrogen and oxygen atoms in total. The van der Waals surface area contributed by atoms with Crippen LogP contribution in [0.4, 0.5) is 0 Å². The predicted octanol–water partition coefficient (Wildman–Crippen LogP) is 3.14. The summed E-state index contributed by atoms with van der Waals surface area (Å²) in [6.45, 7) is 6.72. The van der Waals surface area contributed by atoms with E-state index in [9.17, 15) is 0 Å². The topological polar surface area (TPSA) is 41.3 Å². The van der Waals surface area contributed by atoms with Crippen LogP contribution in [-0.4, -0.2) is 44.2 Å². The molecule has 0 unspecified atom stereocenters. The van der Waals surface area contributed by atoms with Crippen LogP contribution in [0.1, 0.15) is 70.6 Å². The van der Waals surface area contributed by atoms with Gasteiger partial charge in [-0.15, -0.1) is 0 Å². The van der Waals surface area contributed by atoms with Crippen molar-refractivity contribution in [2.24, 2.45) is 5.73 Å². The van der Waals surface area contributed by atoms with Gasteiger partial charge in [-0.05, 0) is 45.4 Å². The van der Waals surface area contributed by atoms with Crippen LogP contribution in [0, 0.1) is 0 Å². The first kappa shape index (κ1) is 17.9. The lowest BCUT2D eigenvalue weighted by Crippen LogP contribution is -2.30. The molecule has 120 valence electrons. The van der Waals surface area contributed by atoms with Crippen LogP contribution in [0.3, 0.4) is 0 Å². The van der Waals surface area contributed by atoms with Gasteiger partial charge in [0.25, 0.3) is 0 Å². The fourth-order valence-electron chi connectivity index (χ4n) is 3.08. The summed E-state index contributed by atoms with van der Waals surface area (Å²) in [5, 5.41) is 3.40. The Morgan fingerprint density at radius 1 is 0.700 bits per heavy atom. The summed E-state index contributed by atoms with van der Waals surface area (Å²) in [4.78, 5) is 2.70. The molecule has 0 aromatic heterocycles. The summed E-state index contributed by atoms with van der Waals surface area (Å²) in [6.07, 6.45) is 15.7. The Morgan fingerprint density at radius 2 is 1.20 bits per heavy atom. The number of nitrogens with one attached hydrogen (secondary N) is 1. The number of hydrogen-bond donors (Lipinski definition) is 2. The van der Waals surface area contributed by atoms with Crippen molar-refractivity contribution in [1.82, 2.24) is 10.2 Å². The van der Waals surface area contributed by atoms with Gasteiger partial charge in [0.2, 0.25) is 0 Å². The Morgan fingerprint density at radius 3 is 1.70 bits per heavy atom. The summed E-state index contributed by atoms with van der Waals surface area (Å²) < 4.78 is 0. The van der Waals surface area contributed by atoms with Crippen molar-refractivity contribution in [2.45, 2.75) is 70.6 Å². The molecule has 1 aliphatic heterocycles. The Balaban J connectivity index is 2.14. The van der Waals surface area contributed by atoms with Crippen LogP contribution >= 0.6 is 0 Å². The molecule has 0 amide bonds. The third kappa shape index (κ3) is 10.6. The average Bonchev–Trinajstić information content (AvgIpc) is 2.49. The van der Waals surface area contributed by atoms with Crippen molar-refractivity contribution >= 4 is 0 Å². The second-order valence-corrected chi connectivity index (χ2v) is 6.27. The molecule has 0 spiro atoms. The number of nitrogens with zero attached hydrogens (tertiary/aromatic N) is 1. The molecule has 0 aromatic rings. The fraction of sp³-hybridized carbons (Fsp3) is 1.00. The molecule has 0 bridgehead atoms. The largest absolute Gasteiger partial charge is 0.329 e. The van der Waals surface area contributed by atoms with Gasteiger partial charge in [-0.25, -0.2) is 0 Å². The van der Waals surface area contributed by atoms with Crippen LogP contribution in [0.5, 0.6) is 0 Å². The summed E-state index contributed by atoms with van der Waals surface area (Å²) in [7, 11) is 0. The van der Waals surface area contributed by atoms with Crippen molar-refractivity contribution in [3.8, 4) is 0 Å². The van der Waals surface area contributed by atoms with E-state index < -0.39 is 0 Å². The summed E-state index contributed by atoms with van der Waals surface area (Å²) in [6, 6.07) is 0. The second-order valence-electron chi connectivity index (χ2n) is 6.27. The van der Waals surface area contributed by atoms with Gasteiger partial charge in [0.05, 0.1) is 0 Å². The van der Waals surface area contributed by atoms with E-state index in [1.807, 2.05) is 0 Å². The maximum atomic E-state index is 5.49. The molecule has 0 saturated carbocycles. The van der Waals surface area contributed by atoms with Gasteiger partial charge in [0.1, 0.15) is 0 Å². The van der Waals surface area contributed by atoms with Gasteiger partial charge in [0, 0.05) is 13.1 Å². The Hall–Kier alpha value is -0.120. The highest BCUT2D eigenvalue weighted by atomic mass is 15.1. The Bertz CT molecular complexity index is 183. The van der Waals surface area contributed by atoms with E-state index in [-0.39, 0.29) is 0 Å². The summed E-state index contributed by atoms with van der Waals surface area (Å²) in [5.41, 5.74) is 5.49. The zero-order valence-corrected chi connectivity index (χ0v) is 13.5. The van der Waals surface area contributed by atoms with Gasteiger partial charge in [-0.3, -0.25) is 0 Å². The first-order valence-corrected chi connectivity index (χ1v) is 9.06. The monoisotopic (exact) mass is 283 g/mol. The van der Waals surface area contributed by atoms with E-state index in [4.69, 9.17) is 5.73 Å². The van der Waals surface area contributed by atoms with Crippen LogP contribution in [0.15, 0.2) is 0 Å². The molecule has 1 aliphatic rings. The Kier molecular flexibility index (Phi) is 12.4. The molecule has 0 aliphatic carbocycles. The zero-order chi connectivity index (χ0) is 14.3. The van der Waals surface area contributed by atoms with E-state index in [0.29, 0.717) is 0 Å². The zero-order valence-electron chi connectivity index (χ0n) is 13.5. The van der Waals surface area contributed by atoms with Gasteiger partial charge in [-0.1, -0.05) is 51.4 Å². The van der Waals surface area contributed by atoms with Crippen molar-refractivity contribution in [2.75, 3.05) is 39.3 Å². The minimum Gasteiger partial charge on any atom is -0.329 e. The van der Waals surface area contributed by atoms with Gasteiger partial charge in [0.15, 0.2) is 0 Å². The quantitative estimate of drug-likeness (QED) is 0.736. The maximum absolute atomic E-state index is 5.49. The van der Waals surface area contributed by atoms with Crippen molar-refractivity contribution < 1.29 is 0 Å². The number of rotatable bonds is 6. The van der Waals surface area contributed by atoms with Crippen molar-refractivity contribution in [3.63, 3.8) is 0 Å². The summed E-state index contributed by atoms with van der Waals surface area (Å²) >= 11 is 0. The minimum atomic E-state index is 0.754. The van der Waals surface area contributed by atoms with Crippen LogP contribution < -0.4 is 11.1 Å². The molecule has 0 radical (unpaired) electrons. The third-order valence-corrected chi connectivity index (χ3v) is 4.35. The molecule has 0 atom stereocenters. The standard InChI is InChI=1S/C17H37N3/c18-12-14-19-13-11-17-20-15-9-7-5-3-1-2-4-6-8-10-16-20/h19H,1-18H2. The highest BCUT2D eigenvalue weighted by Gasteiger charge is 2.05. The molecular formula is C17H37N3. The lowest BCUT2D eigenvalue weighted by molar-refractivity contribution is 0.257. The highest BCUT2D eigenvalue weighted by molar-refractivity contribution is 4.62. The van der Waals surface area contributed by atoms with E-state index in [1.54, 1.807) is 0 Å². The second kappa shape index (κ2) is 13.8. The number of nitrogens with two attached hydrogens (primary N) is 1. The van der Waals surface area contributed by atoms with Crippen LogP contribution in [-0.2, 0) is 0 Å². The Labute approximate surface area is 126 Å². The van der Waals surface area contributed by atoms with Crippen LogP contribution in [0.2, 0.25) is 0 Å². The van der Waals surface area contributed by atoms with E-state index in [1.165, 1.54) is 90.3 Å². The van der Waals surface area contributed by atoms with Gasteiger partial charge < -0.3 is 16.0 Å². The molecular weight excluding hydrogens is 246 g/mol. The summed E-state index contributed by atoms with van der Waals surface area (Å²) in [5.74, 6) is 0. The van der Waals surface area contributed by atoms with Gasteiger partial charge >= 0.3 is 0 Å². The smallest absolute Gasteiger partial charge is 0.00745 e. The minimum absolute atomic E-state index is 0.754. The number of hydrogen-bond acceptors (Lipinski definition) is 3. The van der Waals surface area contributed by atoms with Crippen molar-refractivity contribution in [3.05, 3.63) is 0 Å². The van der Waals surface area contributed by atoms with E-state index >= 15 is 0 Å². The molecule has 1 saturated heterocycles. The molecule has 1 fully saturated rings. The lowest BCUT2D eigenvalue weighted by Gasteiger charge is -2.22. The molecule has 1 rings (SSSR count). The molecule has 3 N–H and O–H groups in total. The maximum Gasteiger partial charge on any atom is 0.00745 e. The SMILES string of the molecule is NCCNCCCN1CCCCCCCCCCCC1. The molecule has 3 heteroatoms. The van der Waals surface area contributed by atoms with E-state index in [0.717, 1.165) is 19.6 Å².